The number of nitrogens with two attached hydrogens (primary N) is 1. The molecule has 4 N–H and O–H groups in total. The number of rotatable bonds is 14. The summed E-state index contributed by atoms with van der Waals surface area (Å²) in [4.78, 5) is 47.3. The Balaban J connectivity index is 1.18. The van der Waals surface area contributed by atoms with E-state index in [4.69, 9.17) is 15.2 Å². The lowest BCUT2D eigenvalue weighted by molar-refractivity contribution is -0.129. The van der Waals surface area contributed by atoms with Crippen LogP contribution in [0.1, 0.15) is 66.4 Å². The van der Waals surface area contributed by atoms with Crippen molar-refractivity contribution in [2.75, 3.05) is 52.9 Å². The molecule has 12 heteroatoms. The zero-order valence-electron chi connectivity index (χ0n) is 31.0. The van der Waals surface area contributed by atoms with Crippen LogP contribution in [0.15, 0.2) is 75.9 Å². The number of amides is 2. The molecule has 280 valence electrons. The van der Waals surface area contributed by atoms with Crippen LogP contribution in [-0.4, -0.2) is 81.9 Å². The third kappa shape index (κ3) is 9.54. The molecular formula is C41H51N7O5. The second-order valence-corrected chi connectivity index (χ2v) is 14.5. The second kappa shape index (κ2) is 17.7. The summed E-state index contributed by atoms with van der Waals surface area (Å²) in [6.07, 6.45) is 5.87. The van der Waals surface area contributed by atoms with E-state index in [1.807, 2.05) is 48.5 Å². The lowest BCUT2D eigenvalue weighted by Crippen LogP contribution is -2.43. The van der Waals surface area contributed by atoms with Crippen LogP contribution in [0, 0.1) is 17.8 Å². The Kier molecular flexibility index (Phi) is 12.6. The molecule has 2 fully saturated rings. The van der Waals surface area contributed by atoms with E-state index in [-0.39, 0.29) is 36.0 Å². The molecule has 1 atom stereocenters. The van der Waals surface area contributed by atoms with Gasteiger partial charge in [-0.05, 0) is 125 Å². The predicted octanol–water partition coefficient (Wildman–Crippen LogP) is 5.89. The van der Waals surface area contributed by atoms with Gasteiger partial charge < -0.3 is 30.7 Å². The minimum absolute atomic E-state index is 0.0505. The van der Waals surface area contributed by atoms with E-state index in [1.165, 1.54) is 0 Å². The normalized spacial score (nSPS) is 19.7. The molecule has 1 saturated heterocycles. The highest BCUT2D eigenvalue weighted by atomic mass is 16.5. The van der Waals surface area contributed by atoms with Crippen LogP contribution in [0.3, 0.4) is 0 Å². The zero-order chi connectivity index (χ0) is 37.3. The van der Waals surface area contributed by atoms with Gasteiger partial charge in [-0.15, -0.1) is 5.11 Å². The Bertz CT molecular complexity index is 1780. The van der Waals surface area contributed by atoms with Crippen molar-refractivity contribution in [3.05, 3.63) is 77.4 Å². The number of ether oxygens (including phenoxy) is 2. The maximum absolute atomic E-state index is 13.9. The molecule has 0 radical (unpaired) electrons. The molecule has 0 spiro atoms. The Labute approximate surface area is 311 Å². The molecule has 1 saturated carbocycles. The number of ketones is 1. The van der Waals surface area contributed by atoms with Crippen molar-refractivity contribution in [2.24, 2.45) is 38.7 Å². The Morgan fingerprint density at radius 2 is 1.53 bits per heavy atom. The summed E-state index contributed by atoms with van der Waals surface area (Å²) in [5, 5.41) is 14.2. The second-order valence-electron chi connectivity index (χ2n) is 14.5. The summed E-state index contributed by atoms with van der Waals surface area (Å²) in [7, 11) is 5.25. The monoisotopic (exact) mass is 721 g/mol. The van der Waals surface area contributed by atoms with E-state index in [1.54, 1.807) is 26.4 Å². The molecule has 3 aromatic carbocycles. The summed E-state index contributed by atoms with van der Waals surface area (Å²) in [5.41, 5.74) is 10.3. The van der Waals surface area contributed by atoms with Crippen molar-refractivity contribution in [2.45, 2.75) is 57.4 Å². The predicted molar refractivity (Wildman–Crippen MR) is 206 cm³/mol. The number of aliphatic imine (C=N–C) groups is 1. The first-order valence-electron chi connectivity index (χ1n) is 18.6. The minimum atomic E-state index is -0.570. The fourth-order valence-electron chi connectivity index (χ4n) is 7.55. The van der Waals surface area contributed by atoms with Gasteiger partial charge in [-0.25, -0.2) is 4.99 Å². The Hall–Kier alpha value is -4.94. The number of anilines is 1. The molecule has 3 aliphatic rings. The van der Waals surface area contributed by atoms with Crippen LogP contribution < -0.4 is 25.8 Å². The van der Waals surface area contributed by atoms with Crippen LogP contribution in [0.25, 0.3) is 11.1 Å². The van der Waals surface area contributed by atoms with Gasteiger partial charge in [-0.1, -0.05) is 24.3 Å². The number of benzene rings is 3. The first-order valence-corrected chi connectivity index (χ1v) is 18.6. The molecule has 0 bridgehead atoms. The molecule has 3 aromatic rings. The molecule has 6 rings (SSSR count). The number of azo groups is 1. The van der Waals surface area contributed by atoms with E-state index < -0.39 is 5.92 Å². The fourth-order valence-corrected chi connectivity index (χ4v) is 7.55. The van der Waals surface area contributed by atoms with Gasteiger partial charge in [0.25, 0.3) is 5.91 Å². The maximum atomic E-state index is 13.9. The van der Waals surface area contributed by atoms with Crippen molar-refractivity contribution < 1.29 is 23.9 Å². The van der Waals surface area contributed by atoms with Crippen LogP contribution in [0.5, 0.6) is 11.5 Å². The quantitative estimate of drug-likeness (QED) is 0.187. The highest BCUT2D eigenvalue weighted by Gasteiger charge is 2.30. The van der Waals surface area contributed by atoms with E-state index in [9.17, 15) is 14.4 Å². The number of piperidine rings is 1. The van der Waals surface area contributed by atoms with Crippen molar-refractivity contribution in [1.82, 2.24) is 10.2 Å². The number of carbonyl (C=O) groups excluding carboxylic acids is 3. The number of likely N-dealkylation sites (tertiary alicyclic amines) is 1. The number of hydrogen-bond donors (Lipinski definition) is 3. The van der Waals surface area contributed by atoms with Crippen molar-refractivity contribution in [1.29, 1.82) is 0 Å². The van der Waals surface area contributed by atoms with Gasteiger partial charge in [0.2, 0.25) is 5.91 Å². The summed E-state index contributed by atoms with van der Waals surface area (Å²) in [5.74, 6) is 1.22. The SMILES string of the molecule is COc1cc(C(=O)NC2CCN(C)CC2)cc(OC)c1-c1ccc(C[C@H](CC(=O)C2CCC(CN)CC2)C(=O)Nc2ccc(C3=NCN=N3)cc2)cc1. The van der Waals surface area contributed by atoms with E-state index in [0.717, 1.165) is 73.9 Å². The molecule has 2 aliphatic heterocycles. The number of carbonyl (C=O) groups is 3. The number of nitrogens with one attached hydrogen (secondary N) is 2. The zero-order valence-corrected chi connectivity index (χ0v) is 31.0. The van der Waals surface area contributed by atoms with Crippen LogP contribution in [0.2, 0.25) is 0 Å². The van der Waals surface area contributed by atoms with Gasteiger partial charge in [0.15, 0.2) is 12.5 Å². The van der Waals surface area contributed by atoms with Crippen molar-refractivity contribution in [3.8, 4) is 22.6 Å². The van der Waals surface area contributed by atoms with Gasteiger partial charge in [0.05, 0.1) is 19.8 Å². The first-order chi connectivity index (χ1) is 25.7. The van der Waals surface area contributed by atoms with Crippen LogP contribution >= 0.6 is 0 Å². The largest absolute Gasteiger partial charge is 0.496 e. The molecule has 1 aliphatic carbocycles. The smallest absolute Gasteiger partial charge is 0.251 e. The summed E-state index contributed by atoms with van der Waals surface area (Å²) >= 11 is 0. The topological polar surface area (TPSA) is 160 Å². The van der Waals surface area contributed by atoms with Gasteiger partial charge in [-0.3, -0.25) is 14.4 Å². The molecule has 0 unspecified atom stereocenters. The van der Waals surface area contributed by atoms with Crippen LogP contribution in [-0.2, 0) is 16.0 Å². The Morgan fingerprint density at radius 3 is 2.11 bits per heavy atom. The van der Waals surface area contributed by atoms with E-state index >= 15 is 0 Å². The third-order valence-electron chi connectivity index (χ3n) is 10.9. The Morgan fingerprint density at radius 1 is 0.887 bits per heavy atom. The number of Topliss-reactive ketones (excluding diaryl/α,β-unsaturated/α-hetero) is 1. The molecule has 2 amide bonds. The van der Waals surface area contributed by atoms with Crippen molar-refractivity contribution >= 4 is 29.1 Å². The standard InChI is InChI=1S/C41H51N7O5/c1-48-18-16-34(17-19-48)46-41(51)32-22-36(52-2)38(37(23-32)53-3)29-10-4-26(5-11-29)20-31(21-35(49)28-8-6-27(24-42)7-9-28)40(50)45-33-14-12-30(13-15-33)39-43-25-44-47-39/h4-5,10-15,22-23,27-28,31,34H,6-9,16-21,24-25,42H2,1-3H3,(H,45,50)(H,46,51)/t27?,28?,31-/m1/s1. The summed E-state index contributed by atoms with van der Waals surface area (Å²) in [6.45, 7) is 2.86. The molecule has 12 nitrogen and oxygen atoms in total. The maximum Gasteiger partial charge on any atom is 0.251 e. The summed E-state index contributed by atoms with van der Waals surface area (Å²) in [6, 6.07) is 18.8. The van der Waals surface area contributed by atoms with E-state index in [2.05, 4.69) is 37.8 Å². The van der Waals surface area contributed by atoms with E-state index in [0.29, 0.717) is 54.1 Å². The molecule has 53 heavy (non-hydrogen) atoms. The van der Waals surface area contributed by atoms with Crippen LogP contribution in [0.4, 0.5) is 5.69 Å². The third-order valence-corrected chi connectivity index (χ3v) is 10.9. The molecule has 2 heterocycles. The first kappa shape index (κ1) is 37.8. The number of methoxy groups -OCH3 is 2. The fraction of sp³-hybridized carbons (Fsp3) is 0.463. The minimum Gasteiger partial charge on any atom is -0.496 e. The van der Waals surface area contributed by atoms with Gasteiger partial charge in [-0.2, -0.15) is 5.11 Å². The number of amidine groups is 1. The highest BCUT2D eigenvalue weighted by molar-refractivity contribution is 6.01. The average Bonchev–Trinajstić information content (AvgIpc) is 3.74. The highest BCUT2D eigenvalue weighted by Crippen LogP contribution is 2.40. The van der Waals surface area contributed by atoms with Gasteiger partial charge >= 0.3 is 0 Å². The van der Waals surface area contributed by atoms with Gasteiger partial charge in [0.1, 0.15) is 17.3 Å². The lowest BCUT2D eigenvalue weighted by atomic mass is 9.77. The number of nitrogens with zero attached hydrogens (tertiary/aromatic N) is 4. The molecule has 0 aromatic heterocycles. The average molecular weight is 722 g/mol. The summed E-state index contributed by atoms with van der Waals surface area (Å²) < 4.78 is 11.6. The number of hydrogen-bond acceptors (Lipinski definition) is 10. The molecular weight excluding hydrogens is 670 g/mol. The van der Waals surface area contributed by atoms with Gasteiger partial charge in [0, 0.05) is 41.1 Å². The lowest BCUT2D eigenvalue weighted by Gasteiger charge is -2.29. The van der Waals surface area contributed by atoms with Crippen molar-refractivity contribution in [3.63, 3.8) is 0 Å².